The maximum Gasteiger partial charge on any atom is 0.246 e. The summed E-state index contributed by atoms with van der Waals surface area (Å²) in [5.41, 5.74) is 7.24. The molecule has 0 bridgehead atoms. The van der Waals surface area contributed by atoms with Crippen LogP contribution in [0.4, 0.5) is 0 Å². The van der Waals surface area contributed by atoms with E-state index in [9.17, 15) is 24.0 Å². The van der Waals surface area contributed by atoms with Gasteiger partial charge in [0.05, 0.1) is 6.04 Å². The molecule has 5 atom stereocenters. The van der Waals surface area contributed by atoms with Crippen LogP contribution in [0.3, 0.4) is 0 Å². The SMILES string of the molecule is CSCC[C@@H](C(=O)N[C@H](C(=O)N(C)[C@H](C(=O)N(C)[C@H](C(=O)NCCc1ccccc1)C(C)C)C(C)C)C(C)C)N(C)C(=O)[C@@H](N)C(C)C. The van der Waals surface area contributed by atoms with E-state index < -0.39 is 42.0 Å². The van der Waals surface area contributed by atoms with Gasteiger partial charge in [0, 0.05) is 27.7 Å². The maximum absolute atomic E-state index is 14.1. The van der Waals surface area contributed by atoms with Crippen molar-refractivity contribution in [2.75, 3.05) is 39.7 Å². The van der Waals surface area contributed by atoms with Gasteiger partial charge >= 0.3 is 0 Å². The standard InChI is InChI=1S/C36H62N6O5S/c1-22(2)28(37)34(45)40(9)27(19-21-48-12)32(43)39-29(23(3)4)35(46)42(11)31(25(7)8)36(47)41(10)30(24(5)6)33(44)38-20-18-26-16-14-13-15-17-26/h13-17,22-25,27-31H,18-21,37H2,1-12H3,(H,38,44)(H,39,43)/t27-,28-,29-,30-,31-/m0/s1. The highest BCUT2D eigenvalue weighted by Gasteiger charge is 2.41. The molecule has 0 aromatic heterocycles. The second-order valence-corrected chi connectivity index (χ2v) is 15.0. The molecule has 0 spiro atoms. The Labute approximate surface area is 293 Å². The van der Waals surface area contributed by atoms with Crippen LogP contribution < -0.4 is 16.4 Å². The lowest BCUT2D eigenvalue weighted by Crippen LogP contribution is -2.62. The first kappa shape index (κ1) is 42.9. The highest BCUT2D eigenvalue weighted by atomic mass is 32.2. The van der Waals surface area contributed by atoms with Gasteiger partial charge in [0.1, 0.15) is 24.2 Å². The van der Waals surface area contributed by atoms with Crippen molar-refractivity contribution in [1.82, 2.24) is 25.3 Å². The number of thioether (sulfide) groups is 1. The summed E-state index contributed by atoms with van der Waals surface area (Å²) in [6.45, 7) is 15.3. The van der Waals surface area contributed by atoms with E-state index in [1.807, 2.05) is 92.0 Å². The molecule has 0 heterocycles. The second kappa shape index (κ2) is 20.4. The Morgan fingerprint density at radius 3 is 1.73 bits per heavy atom. The van der Waals surface area contributed by atoms with Crippen LogP contribution in [-0.2, 0) is 30.4 Å². The van der Waals surface area contributed by atoms with Crippen molar-refractivity contribution in [2.24, 2.45) is 29.4 Å². The summed E-state index contributed by atoms with van der Waals surface area (Å²) in [4.78, 5) is 72.7. The van der Waals surface area contributed by atoms with E-state index in [2.05, 4.69) is 10.6 Å². The van der Waals surface area contributed by atoms with Crippen LogP contribution in [0.5, 0.6) is 0 Å². The molecular weight excluding hydrogens is 629 g/mol. The Hall–Kier alpha value is -3.12. The third-order valence-electron chi connectivity index (χ3n) is 8.82. The molecule has 0 saturated heterocycles. The predicted octanol–water partition coefficient (Wildman–Crippen LogP) is 3.02. The molecule has 11 nitrogen and oxygen atoms in total. The summed E-state index contributed by atoms with van der Waals surface area (Å²) in [7, 11) is 4.73. The minimum atomic E-state index is -0.955. The number of rotatable bonds is 19. The third kappa shape index (κ3) is 12.1. The first-order valence-corrected chi connectivity index (χ1v) is 18.4. The van der Waals surface area contributed by atoms with Crippen LogP contribution in [0, 0.1) is 23.7 Å². The molecule has 1 rings (SSSR count). The first-order chi connectivity index (χ1) is 22.4. The Morgan fingerprint density at radius 1 is 0.708 bits per heavy atom. The van der Waals surface area contributed by atoms with Crippen molar-refractivity contribution in [2.45, 2.75) is 98.4 Å². The van der Waals surface area contributed by atoms with Gasteiger partial charge in [-0.3, -0.25) is 24.0 Å². The van der Waals surface area contributed by atoms with Gasteiger partial charge in [-0.2, -0.15) is 11.8 Å². The number of benzene rings is 1. The maximum atomic E-state index is 14.1. The van der Waals surface area contributed by atoms with Gasteiger partial charge < -0.3 is 31.1 Å². The fraction of sp³-hybridized carbons (Fsp3) is 0.694. The van der Waals surface area contributed by atoms with E-state index in [0.717, 1.165) is 5.56 Å². The molecule has 0 radical (unpaired) electrons. The van der Waals surface area contributed by atoms with Crippen molar-refractivity contribution in [3.05, 3.63) is 35.9 Å². The highest BCUT2D eigenvalue weighted by Crippen LogP contribution is 2.20. The van der Waals surface area contributed by atoms with Crippen molar-refractivity contribution < 1.29 is 24.0 Å². The van der Waals surface area contributed by atoms with Gasteiger partial charge in [0.15, 0.2) is 0 Å². The minimum Gasteiger partial charge on any atom is -0.354 e. The van der Waals surface area contributed by atoms with Gasteiger partial charge in [-0.05, 0) is 54.1 Å². The molecule has 5 amide bonds. The van der Waals surface area contributed by atoms with E-state index >= 15 is 0 Å². The molecule has 0 fully saturated rings. The zero-order valence-corrected chi connectivity index (χ0v) is 32.1. The fourth-order valence-corrected chi connectivity index (χ4v) is 6.23. The summed E-state index contributed by atoms with van der Waals surface area (Å²) >= 11 is 1.55. The second-order valence-electron chi connectivity index (χ2n) is 14.0. The molecular formula is C36H62N6O5S. The van der Waals surface area contributed by atoms with Gasteiger partial charge in [0.2, 0.25) is 29.5 Å². The molecule has 0 unspecified atom stereocenters. The number of amides is 5. The lowest BCUT2D eigenvalue weighted by Gasteiger charge is -2.39. The zero-order chi connectivity index (χ0) is 36.9. The van der Waals surface area contributed by atoms with Gasteiger partial charge in [-0.25, -0.2) is 0 Å². The number of hydrogen-bond acceptors (Lipinski definition) is 7. The number of carbonyl (C=O) groups excluding carboxylic acids is 5. The summed E-state index contributed by atoms with van der Waals surface area (Å²) in [5.74, 6) is -2.11. The summed E-state index contributed by atoms with van der Waals surface area (Å²) in [5, 5.41) is 5.88. The largest absolute Gasteiger partial charge is 0.354 e. The Bertz CT molecular complexity index is 1190. The van der Waals surface area contributed by atoms with E-state index in [-0.39, 0.29) is 41.4 Å². The molecule has 1 aromatic rings. The molecule has 4 N–H and O–H groups in total. The van der Waals surface area contributed by atoms with Crippen LogP contribution in [-0.4, -0.2) is 114 Å². The van der Waals surface area contributed by atoms with Crippen molar-refractivity contribution in [3.63, 3.8) is 0 Å². The van der Waals surface area contributed by atoms with E-state index in [0.29, 0.717) is 25.1 Å². The minimum absolute atomic E-state index is 0.109. The number of nitrogens with zero attached hydrogens (tertiary/aromatic N) is 3. The fourth-order valence-electron chi connectivity index (χ4n) is 5.77. The van der Waals surface area contributed by atoms with Crippen LogP contribution in [0.1, 0.15) is 67.4 Å². The number of carbonyl (C=O) groups is 5. The summed E-state index contributed by atoms with van der Waals surface area (Å²) in [6.07, 6.45) is 2.97. The molecule has 0 aliphatic rings. The summed E-state index contributed by atoms with van der Waals surface area (Å²) in [6, 6.07) is 5.66. The van der Waals surface area contributed by atoms with Crippen molar-refractivity contribution >= 4 is 41.3 Å². The molecule has 272 valence electrons. The van der Waals surface area contributed by atoms with Gasteiger partial charge in [-0.15, -0.1) is 0 Å². The smallest absolute Gasteiger partial charge is 0.246 e. The zero-order valence-electron chi connectivity index (χ0n) is 31.3. The van der Waals surface area contributed by atoms with Crippen molar-refractivity contribution in [1.29, 1.82) is 0 Å². The molecule has 0 aliphatic heterocycles. The quantitative estimate of drug-likeness (QED) is 0.202. The van der Waals surface area contributed by atoms with Crippen LogP contribution in [0.15, 0.2) is 30.3 Å². The monoisotopic (exact) mass is 690 g/mol. The average molecular weight is 691 g/mol. The number of hydrogen-bond donors (Lipinski definition) is 3. The van der Waals surface area contributed by atoms with E-state index in [1.54, 1.807) is 32.9 Å². The first-order valence-electron chi connectivity index (χ1n) is 17.0. The van der Waals surface area contributed by atoms with Gasteiger partial charge in [0.25, 0.3) is 0 Å². The molecule has 1 aromatic carbocycles. The number of likely N-dealkylation sites (N-methyl/N-ethyl adjacent to an activating group) is 3. The van der Waals surface area contributed by atoms with Crippen molar-refractivity contribution in [3.8, 4) is 0 Å². The van der Waals surface area contributed by atoms with Crippen LogP contribution >= 0.6 is 11.8 Å². The lowest BCUT2D eigenvalue weighted by molar-refractivity contribution is -0.152. The average Bonchev–Trinajstić information content (AvgIpc) is 3.02. The highest BCUT2D eigenvalue weighted by molar-refractivity contribution is 7.98. The van der Waals surface area contributed by atoms with Crippen LogP contribution in [0.25, 0.3) is 0 Å². The molecule has 0 saturated carbocycles. The van der Waals surface area contributed by atoms with E-state index in [4.69, 9.17) is 5.73 Å². The number of nitrogens with one attached hydrogen (secondary N) is 2. The molecule has 0 aliphatic carbocycles. The Balaban J connectivity index is 3.22. The number of nitrogens with two attached hydrogens (primary N) is 1. The van der Waals surface area contributed by atoms with Crippen LogP contribution in [0.2, 0.25) is 0 Å². The topological polar surface area (TPSA) is 145 Å². The Kier molecular flexibility index (Phi) is 18.2. The predicted molar refractivity (Wildman–Crippen MR) is 195 cm³/mol. The lowest BCUT2D eigenvalue weighted by atomic mass is 9.95. The molecule has 48 heavy (non-hydrogen) atoms. The summed E-state index contributed by atoms with van der Waals surface area (Å²) < 4.78 is 0. The molecule has 12 heteroatoms. The van der Waals surface area contributed by atoms with E-state index in [1.165, 1.54) is 14.7 Å². The third-order valence-corrected chi connectivity index (χ3v) is 9.46. The Morgan fingerprint density at radius 2 is 1.25 bits per heavy atom. The van der Waals surface area contributed by atoms with Gasteiger partial charge in [-0.1, -0.05) is 85.7 Å². The normalized spacial score (nSPS) is 14.7.